The van der Waals surface area contributed by atoms with Crippen LogP contribution in [0, 0.1) is 5.92 Å². The number of hydrogen-bond acceptors (Lipinski definition) is 3. The fourth-order valence-corrected chi connectivity index (χ4v) is 4.23. The smallest absolute Gasteiger partial charge is 0.281 e. The largest absolute Gasteiger partial charge is 0.324 e. The Kier molecular flexibility index (Phi) is 6.39. The van der Waals surface area contributed by atoms with E-state index in [1.165, 1.54) is 30.5 Å². The van der Waals surface area contributed by atoms with Crippen molar-refractivity contribution in [2.45, 2.75) is 12.8 Å². The first-order valence-corrected chi connectivity index (χ1v) is 9.79. The monoisotopic (exact) mass is 413 g/mol. The highest BCUT2D eigenvalue weighted by Crippen LogP contribution is 2.33. The van der Waals surface area contributed by atoms with Gasteiger partial charge in [0.25, 0.3) is 10.2 Å². The van der Waals surface area contributed by atoms with Gasteiger partial charge in [-0.2, -0.15) is 17.0 Å². The zero-order valence-electron chi connectivity index (χ0n) is 13.2. The van der Waals surface area contributed by atoms with E-state index in [0.717, 1.165) is 4.31 Å². The molecule has 1 aromatic rings. The van der Waals surface area contributed by atoms with Crippen LogP contribution in [0.4, 0.5) is 5.69 Å². The van der Waals surface area contributed by atoms with E-state index in [4.69, 9.17) is 34.8 Å². The van der Waals surface area contributed by atoms with E-state index in [2.05, 4.69) is 5.32 Å². The Balaban J connectivity index is 2.12. The van der Waals surface area contributed by atoms with Crippen LogP contribution in [0.5, 0.6) is 0 Å². The van der Waals surface area contributed by atoms with E-state index >= 15 is 0 Å². The van der Waals surface area contributed by atoms with Crippen LogP contribution in [-0.4, -0.2) is 50.1 Å². The van der Waals surface area contributed by atoms with Crippen LogP contribution in [0.15, 0.2) is 12.1 Å². The van der Waals surface area contributed by atoms with Gasteiger partial charge in [0.05, 0.1) is 26.7 Å². The van der Waals surface area contributed by atoms with Gasteiger partial charge in [0.1, 0.15) is 0 Å². The molecule has 6 nitrogen and oxygen atoms in total. The first kappa shape index (κ1) is 19.8. The van der Waals surface area contributed by atoms with Gasteiger partial charge in [0, 0.05) is 27.2 Å². The molecule has 1 N–H and O–H groups in total. The molecule has 134 valence electrons. The van der Waals surface area contributed by atoms with Gasteiger partial charge in [-0.3, -0.25) is 4.79 Å². The molecule has 1 unspecified atom stereocenters. The van der Waals surface area contributed by atoms with Crippen molar-refractivity contribution >= 4 is 56.6 Å². The van der Waals surface area contributed by atoms with E-state index in [-0.39, 0.29) is 22.5 Å². The lowest BCUT2D eigenvalue weighted by Gasteiger charge is -2.32. The number of nitrogens with one attached hydrogen (secondary N) is 1. The zero-order valence-corrected chi connectivity index (χ0v) is 16.3. The molecule has 1 fully saturated rings. The van der Waals surface area contributed by atoms with Crippen molar-refractivity contribution in [2.75, 3.05) is 32.5 Å². The third kappa shape index (κ3) is 4.33. The highest BCUT2D eigenvalue weighted by Gasteiger charge is 2.33. The summed E-state index contributed by atoms with van der Waals surface area (Å²) in [5.41, 5.74) is 0.351. The Morgan fingerprint density at radius 2 is 1.83 bits per heavy atom. The highest BCUT2D eigenvalue weighted by atomic mass is 35.5. The maximum absolute atomic E-state index is 12.5. The maximum Gasteiger partial charge on any atom is 0.281 e. The summed E-state index contributed by atoms with van der Waals surface area (Å²) in [4.78, 5) is 12.5. The summed E-state index contributed by atoms with van der Waals surface area (Å²) >= 11 is 17.9. The van der Waals surface area contributed by atoms with E-state index in [1.54, 1.807) is 0 Å². The molecule has 1 saturated heterocycles. The molecule has 0 radical (unpaired) electrons. The van der Waals surface area contributed by atoms with Crippen molar-refractivity contribution in [3.8, 4) is 0 Å². The fourth-order valence-electron chi connectivity index (χ4n) is 2.45. The molecular formula is C14H18Cl3N3O3S. The second-order valence-corrected chi connectivity index (χ2v) is 9.09. The van der Waals surface area contributed by atoms with Gasteiger partial charge in [-0.25, -0.2) is 0 Å². The molecule has 0 spiro atoms. The second-order valence-electron chi connectivity index (χ2n) is 5.72. The number of anilines is 1. The SMILES string of the molecule is CN(C)S(=O)(=O)N1CCCC(C(=O)Nc2cc(Cl)c(Cl)cc2Cl)C1. The molecule has 0 saturated carbocycles. The number of piperidine rings is 1. The van der Waals surface area contributed by atoms with E-state index in [1.807, 2.05) is 0 Å². The Hall–Kier alpha value is -0.570. The average Bonchev–Trinajstić information content (AvgIpc) is 2.52. The molecule has 0 aromatic heterocycles. The fraction of sp³-hybridized carbons (Fsp3) is 0.500. The summed E-state index contributed by atoms with van der Waals surface area (Å²) in [5.74, 6) is -0.757. The molecule has 10 heteroatoms. The standard InChI is InChI=1S/C14H18Cl3N3O3S/c1-19(2)24(22,23)20-5-3-4-9(8-20)14(21)18-13-7-11(16)10(15)6-12(13)17/h6-7,9H,3-5,8H2,1-2H3,(H,18,21). The molecular weight excluding hydrogens is 397 g/mol. The topological polar surface area (TPSA) is 69.7 Å². The first-order chi connectivity index (χ1) is 11.1. The summed E-state index contributed by atoms with van der Waals surface area (Å²) in [6, 6.07) is 2.92. The van der Waals surface area contributed by atoms with Crippen LogP contribution >= 0.6 is 34.8 Å². The number of carbonyl (C=O) groups is 1. The lowest BCUT2D eigenvalue weighted by atomic mass is 9.99. The van der Waals surface area contributed by atoms with Crippen LogP contribution in [0.25, 0.3) is 0 Å². The van der Waals surface area contributed by atoms with Crippen molar-refractivity contribution < 1.29 is 13.2 Å². The number of halogens is 3. The molecule has 1 aliphatic rings. The van der Waals surface area contributed by atoms with Crippen molar-refractivity contribution in [1.29, 1.82) is 0 Å². The van der Waals surface area contributed by atoms with Gasteiger partial charge in [-0.15, -0.1) is 0 Å². The molecule has 1 amide bonds. The molecule has 1 aliphatic heterocycles. The Morgan fingerprint density at radius 3 is 2.46 bits per heavy atom. The quantitative estimate of drug-likeness (QED) is 0.770. The zero-order chi connectivity index (χ0) is 18.1. The van der Waals surface area contributed by atoms with Gasteiger partial charge in [-0.05, 0) is 25.0 Å². The molecule has 0 aliphatic carbocycles. The summed E-state index contributed by atoms with van der Waals surface area (Å²) in [5, 5.41) is 3.54. The third-order valence-electron chi connectivity index (χ3n) is 3.81. The van der Waals surface area contributed by atoms with E-state index < -0.39 is 16.1 Å². The average molecular weight is 415 g/mol. The molecule has 24 heavy (non-hydrogen) atoms. The van der Waals surface area contributed by atoms with E-state index in [9.17, 15) is 13.2 Å². The minimum absolute atomic E-state index is 0.130. The van der Waals surface area contributed by atoms with E-state index in [0.29, 0.717) is 30.1 Å². The first-order valence-electron chi connectivity index (χ1n) is 7.26. The van der Waals surface area contributed by atoms with Crippen molar-refractivity contribution in [3.05, 3.63) is 27.2 Å². The van der Waals surface area contributed by atoms with Crippen LogP contribution in [0.3, 0.4) is 0 Å². The normalized spacial score (nSPS) is 19.5. The summed E-state index contributed by atoms with van der Waals surface area (Å²) in [7, 11) is -0.604. The van der Waals surface area contributed by atoms with Crippen molar-refractivity contribution in [3.63, 3.8) is 0 Å². The summed E-state index contributed by atoms with van der Waals surface area (Å²) in [6.07, 6.45) is 1.21. The maximum atomic E-state index is 12.5. The summed E-state index contributed by atoms with van der Waals surface area (Å²) < 4.78 is 26.9. The van der Waals surface area contributed by atoms with Gasteiger partial charge in [-0.1, -0.05) is 34.8 Å². The van der Waals surface area contributed by atoms with Gasteiger partial charge in [0.2, 0.25) is 5.91 Å². The molecule has 2 rings (SSSR count). The van der Waals surface area contributed by atoms with Crippen molar-refractivity contribution in [2.24, 2.45) is 5.92 Å². The Bertz CT molecular complexity index is 740. The van der Waals surface area contributed by atoms with Gasteiger partial charge in [0.15, 0.2) is 0 Å². The lowest BCUT2D eigenvalue weighted by Crippen LogP contribution is -2.47. The second kappa shape index (κ2) is 7.76. The minimum Gasteiger partial charge on any atom is -0.324 e. The molecule has 0 bridgehead atoms. The predicted octanol–water partition coefficient (Wildman–Crippen LogP) is 3.10. The molecule has 1 aromatic carbocycles. The number of hydrogen-bond donors (Lipinski definition) is 1. The summed E-state index contributed by atoms with van der Waals surface area (Å²) in [6.45, 7) is 0.531. The van der Waals surface area contributed by atoms with Crippen LogP contribution in [0.2, 0.25) is 15.1 Å². The van der Waals surface area contributed by atoms with Gasteiger partial charge < -0.3 is 5.32 Å². The Labute approximate surface area is 156 Å². The van der Waals surface area contributed by atoms with Crippen LogP contribution in [-0.2, 0) is 15.0 Å². The number of nitrogens with zero attached hydrogens (tertiary/aromatic N) is 2. The predicted molar refractivity (Wildman–Crippen MR) is 97.0 cm³/mol. The molecule has 1 atom stereocenters. The number of rotatable bonds is 4. The van der Waals surface area contributed by atoms with Crippen LogP contribution in [0.1, 0.15) is 12.8 Å². The molecule has 1 heterocycles. The number of amides is 1. The number of benzene rings is 1. The highest BCUT2D eigenvalue weighted by molar-refractivity contribution is 7.86. The minimum atomic E-state index is -3.54. The van der Waals surface area contributed by atoms with Crippen molar-refractivity contribution in [1.82, 2.24) is 8.61 Å². The number of carbonyl (C=O) groups excluding carboxylic acids is 1. The van der Waals surface area contributed by atoms with Crippen LogP contribution < -0.4 is 5.32 Å². The Morgan fingerprint density at radius 1 is 1.21 bits per heavy atom. The lowest BCUT2D eigenvalue weighted by molar-refractivity contribution is -0.120. The third-order valence-corrected chi connectivity index (χ3v) is 6.75. The van der Waals surface area contributed by atoms with Gasteiger partial charge >= 0.3 is 0 Å².